The predicted octanol–water partition coefficient (Wildman–Crippen LogP) is 5.62. The summed E-state index contributed by atoms with van der Waals surface area (Å²) >= 11 is 0. The summed E-state index contributed by atoms with van der Waals surface area (Å²) in [7, 11) is 3.68. The Morgan fingerprint density at radius 1 is 0.853 bits per heavy atom. The molecule has 7 heteroatoms. The molecule has 0 aliphatic rings. The molecule has 4 rings (SSSR count). The average Bonchev–Trinajstić information content (AvgIpc) is 2.83. The topological polar surface area (TPSA) is 73.5 Å². The van der Waals surface area contributed by atoms with Crippen molar-refractivity contribution >= 4 is 39.8 Å². The molecule has 0 saturated heterocycles. The number of nitrogens with one attached hydrogen (secondary N) is 3. The van der Waals surface area contributed by atoms with Gasteiger partial charge in [-0.25, -0.2) is 9.18 Å². The van der Waals surface area contributed by atoms with E-state index >= 15 is 0 Å². The number of anilines is 3. The van der Waals surface area contributed by atoms with Crippen LogP contribution in [-0.4, -0.2) is 26.0 Å². The van der Waals surface area contributed by atoms with Gasteiger partial charge in [0.05, 0.1) is 11.3 Å². The van der Waals surface area contributed by atoms with Crippen LogP contribution < -0.4 is 20.9 Å². The molecular formula is C27H25FN4O2. The number of nitrogens with zero attached hydrogens (tertiary/aromatic N) is 1. The minimum atomic E-state index is -0.411. The van der Waals surface area contributed by atoms with Gasteiger partial charge in [0, 0.05) is 37.4 Å². The molecule has 0 spiro atoms. The van der Waals surface area contributed by atoms with Gasteiger partial charge in [0.2, 0.25) is 0 Å². The fourth-order valence-corrected chi connectivity index (χ4v) is 3.68. The van der Waals surface area contributed by atoms with Crippen LogP contribution in [0.3, 0.4) is 0 Å². The van der Waals surface area contributed by atoms with Gasteiger partial charge < -0.3 is 20.9 Å². The Morgan fingerprint density at radius 3 is 2.35 bits per heavy atom. The first-order valence-corrected chi connectivity index (χ1v) is 10.8. The lowest BCUT2D eigenvalue weighted by molar-refractivity contribution is 0.0951. The van der Waals surface area contributed by atoms with E-state index < -0.39 is 6.03 Å². The maximum atomic E-state index is 13.1. The number of amides is 3. The van der Waals surface area contributed by atoms with Crippen LogP contribution in [0.2, 0.25) is 0 Å². The van der Waals surface area contributed by atoms with E-state index in [9.17, 15) is 14.0 Å². The molecular weight excluding hydrogens is 431 g/mol. The Hall–Kier alpha value is -4.39. The van der Waals surface area contributed by atoms with E-state index in [-0.39, 0.29) is 18.3 Å². The van der Waals surface area contributed by atoms with Crippen LogP contribution in [0.4, 0.5) is 26.2 Å². The van der Waals surface area contributed by atoms with Gasteiger partial charge in [-0.05, 0) is 47.3 Å². The van der Waals surface area contributed by atoms with E-state index in [4.69, 9.17) is 0 Å². The third-order valence-corrected chi connectivity index (χ3v) is 5.39. The summed E-state index contributed by atoms with van der Waals surface area (Å²) in [5.74, 6) is -0.628. The number of benzene rings is 4. The van der Waals surface area contributed by atoms with Gasteiger partial charge in [0.25, 0.3) is 5.91 Å². The van der Waals surface area contributed by atoms with Gasteiger partial charge in [-0.2, -0.15) is 0 Å². The molecule has 172 valence electrons. The Balaban J connectivity index is 1.50. The van der Waals surface area contributed by atoms with Crippen molar-refractivity contribution in [2.75, 3.05) is 29.6 Å². The van der Waals surface area contributed by atoms with E-state index in [0.29, 0.717) is 22.6 Å². The van der Waals surface area contributed by atoms with E-state index in [2.05, 4.69) is 16.0 Å². The SMILES string of the molecule is CN(C)c1ccc(NC(=O)Nc2cccc3ccccc23)cc1C(=O)NCc1ccc(F)cc1. The predicted molar refractivity (Wildman–Crippen MR) is 135 cm³/mol. The smallest absolute Gasteiger partial charge is 0.323 e. The highest BCUT2D eigenvalue weighted by molar-refractivity contribution is 6.07. The zero-order valence-electron chi connectivity index (χ0n) is 18.9. The minimum absolute atomic E-state index is 0.255. The third kappa shape index (κ3) is 5.32. The second kappa shape index (κ2) is 10.0. The molecule has 0 bridgehead atoms. The standard InChI is InChI=1S/C27H25FN4O2/c1-32(2)25-15-14-21(16-23(25)26(33)29-17-18-10-12-20(28)13-11-18)30-27(34)31-24-9-5-7-19-6-3-4-8-22(19)24/h3-16H,17H2,1-2H3,(H,29,33)(H2,30,31,34). The minimum Gasteiger partial charge on any atom is -0.377 e. The molecule has 0 aliphatic carbocycles. The summed E-state index contributed by atoms with van der Waals surface area (Å²) in [5.41, 5.74) is 3.07. The van der Waals surface area contributed by atoms with Crippen molar-refractivity contribution in [3.63, 3.8) is 0 Å². The Labute approximate surface area is 197 Å². The first kappa shape index (κ1) is 22.8. The summed E-state index contributed by atoms with van der Waals surface area (Å²) in [4.78, 5) is 27.5. The fourth-order valence-electron chi connectivity index (χ4n) is 3.68. The molecule has 4 aromatic rings. The number of rotatable bonds is 6. The van der Waals surface area contributed by atoms with Crippen molar-refractivity contribution in [2.45, 2.75) is 6.54 Å². The molecule has 3 N–H and O–H groups in total. The maximum Gasteiger partial charge on any atom is 0.323 e. The van der Waals surface area contributed by atoms with Crippen LogP contribution in [0.15, 0.2) is 84.9 Å². The highest BCUT2D eigenvalue weighted by Crippen LogP contribution is 2.25. The van der Waals surface area contributed by atoms with Crippen LogP contribution in [0.1, 0.15) is 15.9 Å². The Bertz CT molecular complexity index is 1330. The molecule has 0 unspecified atom stereocenters. The maximum absolute atomic E-state index is 13.1. The molecule has 0 fully saturated rings. The highest BCUT2D eigenvalue weighted by atomic mass is 19.1. The third-order valence-electron chi connectivity index (χ3n) is 5.39. The molecule has 3 amide bonds. The van der Waals surface area contributed by atoms with Crippen molar-refractivity contribution in [1.29, 1.82) is 0 Å². The fraction of sp³-hybridized carbons (Fsp3) is 0.111. The summed E-state index contributed by atoms with van der Waals surface area (Å²) in [6.45, 7) is 0.255. The average molecular weight is 457 g/mol. The molecule has 0 aromatic heterocycles. The lowest BCUT2D eigenvalue weighted by atomic mass is 10.1. The number of hydrogen-bond acceptors (Lipinski definition) is 3. The van der Waals surface area contributed by atoms with Gasteiger partial charge in [-0.1, -0.05) is 48.5 Å². The normalized spacial score (nSPS) is 10.6. The molecule has 0 saturated carbocycles. The zero-order chi connectivity index (χ0) is 24.1. The second-order valence-corrected chi connectivity index (χ2v) is 8.04. The van der Waals surface area contributed by atoms with Gasteiger partial charge in [-0.3, -0.25) is 4.79 Å². The summed E-state index contributed by atoms with van der Waals surface area (Å²) in [6.07, 6.45) is 0. The summed E-state index contributed by atoms with van der Waals surface area (Å²) in [6, 6.07) is 24.2. The molecule has 0 heterocycles. The molecule has 0 atom stereocenters. The summed E-state index contributed by atoms with van der Waals surface area (Å²) < 4.78 is 13.1. The van der Waals surface area contributed by atoms with Gasteiger partial charge in [0.15, 0.2) is 0 Å². The van der Waals surface area contributed by atoms with Gasteiger partial charge >= 0.3 is 6.03 Å². The van der Waals surface area contributed by atoms with Crippen molar-refractivity contribution in [3.05, 3.63) is 102 Å². The number of halogens is 1. The highest BCUT2D eigenvalue weighted by Gasteiger charge is 2.15. The molecule has 34 heavy (non-hydrogen) atoms. The van der Waals surface area contributed by atoms with Gasteiger partial charge in [0.1, 0.15) is 5.82 Å². The van der Waals surface area contributed by atoms with Crippen molar-refractivity contribution in [3.8, 4) is 0 Å². The number of carbonyl (C=O) groups excluding carboxylic acids is 2. The number of hydrogen-bond donors (Lipinski definition) is 3. The first-order valence-electron chi connectivity index (χ1n) is 10.8. The van der Waals surface area contributed by atoms with Crippen LogP contribution in [0.5, 0.6) is 0 Å². The number of fused-ring (bicyclic) bond motifs is 1. The molecule has 0 aliphatic heterocycles. The van der Waals surface area contributed by atoms with E-state index in [1.54, 1.807) is 30.3 Å². The van der Waals surface area contributed by atoms with Crippen LogP contribution in [0.25, 0.3) is 10.8 Å². The van der Waals surface area contributed by atoms with Crippen LogP contribution >= 0.6 is 0 Å². The van der Waals surface area contributed by atoms with Crippen molar-refractivity contribution in [1.82, 2.24) is 5.32 Å². The monoisotopic (exact) mass is 456 g/mol. The lowest BCUT2D eigenvalue weighted by Gasteiger charge is -2.19. The van der Waals surface area contributed by atoms with Crippen molar-refractivity contribution < 1.29 is 14.0 Å². The molecule has 0 radical (unpaired) electrons. The quantitative estimate of drug-likeness (QED) is 0.353. The Morgan fingerprint density at radius 2 is 1.59 bits per heavy atom. The summed E-state index contributed by atoms with van der Waals surface area (Å²) in [5, 5.41) is 10.5. The van der Waals surface area contributed by atoms with E-state index in [1.807, 2.05) is 61.5 Å². The number of urea groups is 1. The lowest BCUT2D eigenvalue weighted by Crippen LogP contribution is -2.26. The largest absolute Gasteiger partial charge is 0.377 e. The van der Waals surface area contributed by atoms with Crippen LogP contribution in [0, 0.1) is 5.82 Å². The van der Waals surface area contributed by atoms with Gasteiger partial charge in [-0.15, -0.1) is 0 Å². The molecule has 4 aromatic carbocycles. The Kier molecular flexibility index (Phi) is 6.73. The number of carbonyl (C=O) groups is 2. The zero-order valence-corrected chi connectivity index (χ0v) is 18.9. The first-order chi connectivity index (χ1) is 16.4. The van der Waals surface area contributed by atoms with Crippen LogP contribution in [-0.2, 0) is 6.54 Å². The van der Waals surface area contributed by atoms with Crippen molar-refractivity contribution in [2.24, 2.45) is 0 Å². The van der Waals surface area contributed by atoms with E-state index in [1.165, 1.54) is 12.1 Å². The molecule has 6 nitrogen and oxygen atoms in total. The second-order valence-electron chi connectivity index (χ2n) is 8.04. The van der Waals surface area contributed by atoms with E-state index in [0.717, 1.165) is 16.3 Å².